The Morgan fingerprint density at radius 3 is 2.47 bits per heavy atom. The van der Waals surface area contributed by atoms with E-state index in [-0.39, 0.29) is 6.04 Å². The van der Waals surface area contributed by atoms with Gasteiger partial charge < -0.3 is 5.73 Å². The number of nitrogens with two attached hydrogens (primary N) is 1. The van der Waals surface area contributed by atoms with Gasteiger partial charge in [-0.05, 0) is 55.2 Å². The average molecular weight is 203 g/mol. The summed E-state index contributed by atoms with van der Waals surface area (Å²) < 4.78 is 0. The standard InChI is InChI=1S/C14H21N/c1-4-14(7-8-14)13-6-5-12(11(3)15)9-10(13)2/h5-6,9,11H,4,7-8,15H2,1-3H3. The monoisotopic (exact) mass is 203 g/mol. The number of hydrogen-bond donors (Lipinski definition) is 1. The van der Waals surface area contributed by atoms with Crippen LogP contribution in [0.2, 0.25) is 0 Å². The summed E-state index contributed by atoms with van der Waals surface area (Å²) in [7, 11) is 0. The fourth-order valence-electron chi connectivity index (χ4n) is 2.53. The lowest BCUT2D eigenvalue weighted by molar-refractivity contribution is 0.658. The predicted octanol–water partition coefficient (Wildman–Crippen LogP) is 3.46. The highest BCUT2D eigenvalue weighted by Gasteiger charge is 2.42. The van der Waals surface area contributed by atoms with Crippen molar-refractivity contribution in [1.29, 1.82) is 0 Å². The van der Waals surface area contributed by atoms with Crippen molar-refractivity contribution in [2.45, 2.75) is 51.5 Å². The number of benzene rings is 1. The smallest absolute Gasteiger partial charge is 0.0266 e. The Bertz CT molecular complexity index is 362. The normalized spacial score (nSPS) is 20.0. The van der Waals surface area contributed by atoms with Crippen molar-refractivity contribution in [1.82, 2.24) is 0 Å². The van der Waals surface area contributed by atoms with Crippen LogP contribution in [0.15, 0.2) is 18.2 Å². The summed E-state index contributed by atoms with van der Waals surface area (Å²) in [5, 5.41) is 0. The summed E-state index contributed by atoms with van der Waals surface area (Å²) in [6.07, 6.45) is 4.00. The van der Waals surface area contributed by atoms with Crippen LogP contribution in [-0.2, 0) is 5.41 Å². The molecule has 1 atom stereocenters. The molecule has 1 unspecified atom stereocenters. The largest absolute Gasteiger partial charge is 0.324 e. The minimum Gasteiger partial charge on any atom is -0.324 e. The first-order chi connectivity index (χ1) is 7.09. The Morgan fingerprint density at radius 2 is 2.07 bits per heavy atom. The van der Waals surface area contributed by atoms with Gasteiger partial charge >= 0.3 is 0 Å². The van der Waals surface area contributed by atoms with E-state index in [0.29, 0.717) is 5.41 Å². The maximum absolute atomic E-state index is 5.89. The SMILES string of the molecule is CCC1(c2ccc(C(C)N)cc2C)CC1. The molecule has 0 aromatic heterocycles. The van der Waals surface area contributed by atoms with E-state index in [0.717, 1.165) is 0 Å². The van der Waals surface area contributed by atoms with Crippen LogP contribution in [0.25, 0.3) is 0 Å². The van der Waals surface area contributed by atoms with Crippen LogP contribution in [0, 0.1) is 6.92 Å². The number of hydrogen-bond acceptors (Lipinski definition) is 1. The molecule has 2 N–H and O–H groups in total. The van der Waals surface area contributed by atoms with Gasteiger partial charge in [-0.1, -0.05) is 25.1 Å². The zero-order valence-electron chi connectivity index (χ0n) is 10.0. The van der Waals surface area contributed by atoms with Gasteiger partial charge in [0.25, 0.3) is 0 Å². The van der Waals surface area contributed by atoms with E-state index in [1.807, 2.05) is 6.92 Å². The molecule has 82 valence electrons. The molecule has 1 aliphatic carbocycles. The second-order valence-electron chi connectivity index (χ2n) is 5.00. The third kappa shape index (κ3) is 1.81. The molecule has 1 aromatic rings. The third-order valence-electron chi connectivity index (χ3n) is 3.88. The van der Waals surface area contributed by atoms with Crippen LogP contribution in [0.3, 0.4) is 0 Å². The first kappa shape index (κ1) is 10.7. The lowest BCUT2D eigenvalue weighted by Gasteiger charge is -2.18. The Labute approximate surface area is 92.7 Å². The highest BCUT2D eigenvalue weighted by Crippen LogP contribution is 2.51. The van der Waals surface area contributed by atoms with E-state index < -0.39 is 0 Å². The van der Waals surface area contributed by atoms with Gasteiger partial charge in [0.05, 0.1) is 0 Å². The Morgan fingerprint density at radius 1 is 1.40 bits per heavy atom. The molecule has 2 rings (SSSR count). The molecule has 1 fully saturated rings. The molecule has 0 spiro atoms. The van der Waals surface area contributed by atoms with Crippen molar-refractivity contribution in [3.05, 3.63) is 34.9 Å². The first-order valence-electron chi connectivity index (χ1n) is 5.96. The van der Waals surface area contributed by atoms with Crippen LogP contribution < -0.4 is 5.73 Å². The molecule has 1 saturated carbocycles. The van der Waals surface area contributed by atoms with Gasteiger partial charge in [0, 0.05) is 6.04 Å². The van der Waals surface area contributed by atoms with Crippen molar-refractivity contribution < 1.29 is 0 Å². The van der Waals surface area contributed by atoms with E-state index in [4.69, 9.17) is 5.73 Å². The van der Waals surface area contributed by atoms with Crippen molar-refractivity contribution in [2.24, 2.45) is 5.73 Å². The van der Waals surface area contributed by atoms with Gasteiger partial charge in [0.15, 0.2) is 0 Å². The zero-order valence-corrected chi connectivity index (χ0v) is 10.0. The summed E-state index contributed by atoms with van der Waals surface area (Å²) in [6, 6.07) is 6.90. The topological polar surface area (TPSA) is 26.0 Å². The van der Waals surface area contributed by atoms with Crippen molar-refractivity contribution in [2.75, 3.05) is 0 Å². The Kier molecular flexibility index (Phi) is 2.59. The molecule has 0 amide bonds. The number of rotatable bonds is 3. The molecule has 0 heterocycles. The zero-order chi connectivity index (χ0) is 11.1. The second-order valence-corrected chi connectivity index (χ2v) is 5.00. The maximum Gasteiger partial charge on any atom is 0.0266 e. The lowest BCUT2D eigenvalue weighted by atomic mass is 9.88. The molecule has 0 aliphatic heterocycles. The molecule has 1 aromatic carbocycles. The summed E-state index contributed by atoms with van der Waals surface area (Å²) in [6.45, 7) is 6.56. The predicted molar refractivity (Wildman–Crippen MR) is 65.0 cm³/mol. The molecule has 1 aliphatic rings. The van der Waals surface area contributed by atoms with Gasteiger partial charge in [0.1, 0.15) is 0 Å². The van der Waals surface area contributed by atoms with Gasteiger partial charge in [-0.3, -0.25) is 0 Å². The first-order valence-corrected chi connectivity index (χ1v) is 5.96. The van der Waals surface area contributed by atoms with Gasteiger partial charge in [-0.25, -0.2) is 0 Å². The quantitative estimate of drug-likeness (QED) is 0.800. The minimum atomic E-state index is 0.148. The molecular weight excluding hydrogens is 182 g/mol. The summed E-state index contributed by atoms with van der Waals surface area (Å²) in [5.41, 5.74) is 10.6. The Balaban J connectivity index is 2.35. The highest BCUT2D eigenvalue weighted by molar-refractivity contribution is 5.40. The van der Waals surface area contributed by atoms with E-state index in [1.54, 1.807) is 5.56 Å². The van der Waals surface area contributed by atoms with Crippen molar-refractivity contribution in [3.63, 3.8) is 0 Å². The summed E-state index contributed by atoms with van der Waals surface area (Å²) in [4.78, 5) is 0. The molecule has 1 heteroatoms. The molecule has 0 radical (unpaired) electrons. The lowest BCUT2D eigenvalue weighted by Crippen LogP contribution is -2.10. The summed E-state index contributed by atoms with van der Waals surface area (Å²) >= 11 is 0. The second kappa shape index (κ2) is 3.64. The van der Waals surface area contributed by atoms with E-state index in [9.17, 15) is 0 Å². The molecule has 1 nitrogen and oxygen atoms in total. The molecule has 0 saturated heterocycles. The van der Waals surface area contributed by atoms with E-state index >= 15 is 0 Å². The highest BCUT2D eigenvalue weighted by atomic mass is 14.6. The van der Waals surface area contributed by atoms with Crippen LogP contribution >= 0.6 is 0 Å². The summed E-state index contributed by atoms with van der Waals surface area (Å²) in [5.74, 6) is 0. The van der Waals surface area contributed by atoms with E-state index in [2.05, 4.69) is 32.0 Å². The number of aryl methyl sites for hydroxylation is 1. The Hall–Kier alpha value is -0.820. The molecular formula is C14H21N. The molecule has 15 heavy (non-hydrogen) atoms. The van der Waals surface area contributed by atoms with Crippen LogP contribution in [0.1, 0.15) is 55.8 Å². The molecule has 0 bridgehead atoms. The maximum atomic E-state index is 5.89. The van der Waals surface area contributed by atoms with Crippen molar-refractivity contribution >= 4 is 0 Å². The third-order valence-corrected chi connectivity index (χ3v) is 3.88. The van der Waals surface area contributed by atoms with Gasteiger partial charge in [-0.2, -0.15) is 0 Å². The van der Waals surface area contributed by atoms with Gasteiger partial charge in [-0.15, -0.1) is 0 Å². The fraction of sp³-hybridized carbons (Fsp3) is 0.571. The minimum absolute atomic E-state index is 0.148. The van der Waals surface area contributed by atoms with Crippen LogP contribution in [0.4, 0.5) is 0 Å². The van der Waals surface area contributed by atoms with Crippen molar-refractivity contribution in [3.8, 4) is 0 Å². The average Bonchev–Trinajstić information content (AvgIpc) is 2.98. The van der Waals surface area contributed by atoms with Gasteiger partial charge in [0.2, 0.25) is 0 Å². The fourth-order valence-corrected chi connectivity index (χ4v) is 2.53. The van der Waals surface area contributed by atoms with Crippen LogP contribution in [0.5, 0.6) is 0 Å². The van der Waals surface area contributed by atoms with E-state index in [1.165, 1.54) is 30.4 Å². The van der Waals surface area contributed by atoms with Crippen LogP contribution in [-0.4, -0.2) is 0 Å².